The van der Waals surface area contributed by atoms with Gasteiger partial charge in [0, 0.05) is 43.4 Å². The highest BCUT2D eigenvalue weighted by Crippen LogP contribution is 2.29. The molecule has 0 aliphatic carbocycles. The van der Waals surface area contributed by atoms with Crippen molar-refractivity contribution in [3.63, 3.8) is 0 Å². The number of aryl methyl sites for hydroxylation is 1. The standard InChI is InChI=1S/C25H25ClN4O3/c1-30-22-10-16(9-17-14-32-15-17)3-7-21(22)29-25(30)28-12-18-4-6-20(11-23(18)31-2)33-24-8-5-19(26)13-27-24/h3-8,10-11,13,17H,9,12,14-15H2,1-2H3,(H,28,29). The van der Waals surface area contributed by atoms with Gasteiger partial charge in [-0.25, -0.2) is 9.97 Å². The number of fused-ring (bicyclic) bond motifs is 1. The lowest BCUT2D eigenvalue weighted by Crippen LogP contribution is -2.29. The molecule has 170 valence electrons. The molecule has 1 fully saturated rings. The minimum Gasteiger partial charge on any atom is -0.496 e. The van der Waals surface area contributed by atoms with Crippen LogP contribution in [0.1, 0.15) is 11.1 Å². The van der Waals surface area contributed by atoms with Crippen LogP contribution in [0.4, 0.5) is 5.95 Å². The van der Waals surface area contributed by atoms with E-state index < -0.39 is 0 Å². The van der Waals surface area contributed by atoms with E-state index >= 15 is 0 Å². The monoisotopic (exact) mass is 464 g/mol. The number of aromatic nitrogens is 3. The highest BCUT2D eigenvalue weighted by molar-refractivity contribution is 6.30. The number of hydrogen-bond acceptors (Lipinski definition) is 6. The highest BCUT2D eigenvalue weighted by atomic mass is 35.5. The van der Waals surface area contributed by atoms with Gasteiger partial charge in [0.15, 0.2) is 0 Å². The number of nitrogens with one attached hydrogen (secondary N) is 1. The molecular formula is C25H25ClN4O3. The predicted molar refractivity (Wildman–Crippen MR) is 128 cm³/mol. The van der Waals surface area contributed by atoms with Crippen molar-refractivity contribution in [2.24, 2.45) is 13.0 Å². The summed E-state index contributed by atoms with van der Waals surface area (Å²) >= 11 is 5.88. The first-order chi connectivity index (χ1) is 16.1. The summed E-state index contributed by atoms with van der Waals surface area (Å²) in [6.07, 6.45) is 2.59. The van der Waals surface area contributed by atoms with Gasteiger partial charge in [0.05, 0.1) is 36.4 Å². The number of nitrogens with zero attached hydrogens (tertiary/aromatic N) is 3. The Morgan fingerprint density at radius 2 is 2.03 bits per heavy atom. The number of methoxy groups -OCH3 is 1. The maximum Gasteiger partial charge on any atom is 0.219 e. The molecule has 1 N–H and O–H groups in total. The van der Waals surface area contributed by atoms with E-state index in [4.69, 9.17) is 30.8 Å². The van der Waals surface area contributed by atoms with Gasteiger partial charge in [-0.05, 0) is 42.3 Å². The Morgan fingerprint density at radius 3 is 2.76 bits per heavy atom. The van der Waals surface area contributed by atoms with Crippen LogP contribution in [0.3, 0.4) is 0 Å². The number of anilines is 1. The zero-order valence-electron chi connectivity index (χ0n) is 18.5. The number of halogens is 1. The Balaban J connectivity index is 1.29. The summed E-state index contributed by atoms with van der Waals surface area (Å²) in [5, 5.41) is 4.00. The summed E-state index contributed by atoms with van der Waals surface area (Å²) in [5.41, 5.74) is 4.39. The second-order valence-electron chi connectivity index (χ2n) is 8.17. The maximum atomic E-state index is 5.88. The van der Waals surface area contributed by atoms with Crippen molar-refractivity contribution in [2.75, 3.05) is 25.6 Å². The summed E-state index contributed by atoms with van der Waals surface area (Å²) in [6, 6.07) is 15.6. The first kappa shape index (κ1) is 21.6. The number of benzene rings is 2. The summed E-state index contributed by atoms with van der Waals surface area (Å²) in [4.78, 5) is 8.92. The lowest BCUT2D eigenvalue weighted by atomic mass is 9.98. The molecule has 3 heterocycles. The minimum absolute atomic E-state index is 0.469. The van der Waals surface area contributed by atoms with Gasteiger partial charge in [-0.3, -0.25) is 0 Å². The number of imidazole rings is 1. The van der Waals surface area contributed by atoms with Gasteiger partial charge in [0.1, 0.15) is 11.5 Å². The third-order valence-corrected chi connectivity index (χ3v) is 6.02. The average molecular weight is 465 g/mol. The van der Waals surface area contributed by atoms with Gasteiger partial charge in [0.25, 0.3) is 0 Å². The van der Waals surface area contributed by atoms with E-state index in [0.717, 1.165) is 47.9 Å². The Morgan fingerprint density at radius 1 is 1.15 bits per heavy atom. The Kier molecular flexibility index (Phi) is 6.07. The van der Waals surface area contributed by atoms with Crippen LogP contribution in [-0.4, -0.2) is 34.9 Å². The molecule has 8 heteroatoms. The third-order valence-electron chi connectivity index (χ3n) is 5.79. The fraction of sp³-hybridized carbons (Fsp3) is 0.280. The van der Waals surface area contributed by atoms with Crippen molar-refractivity contribution in [3.8, 4) is 17.4 Å². The summed E-state index contributed by atoms with van der Waals surface area (Å²) in [7, 11) is 3.67. The molecule has 1 aliphatic heterocycles. The first-order valence-corrected chi connectivity index (χ1v) is 11.2. The van der Waals surface area contributed by atoms with Gasteiger partial charge in [-0.2, -0.15) is 0 Å². The lowest BCUT2D eigenvalue weighted by Gasteiger charge is -2.25. The molecule has 2 aromatic heterocycles. The van der Waals surface area contributed by atoms with Crippen LogP contribution < -0.4 is 14.8 Å². The summed E-state index contributed by atoms with van der Waals surface area (Å²) in [6.45, 7) is 2.28. The first-order valence-electron chi connectivity index (χ1n) is 10.8. The molecule has 5 rings (SSSR count). The number of rotatable bonds is 8. The van der Waals surface area contributed by atoms with E-state index in [1.807, 2.05) is 25.2 Å². The zero-order chi connectivity index (χ0) is 22.8. The quantitative estimate of drug-likeness (QED) is 0.385. The van der Waals surface area contributed by atoms with Crippen molar-refractivity contribution < 1.29 is 14.2 Å². The predicted octanol–water partition coefficient (Wildman–Crippen LogP) is 5.22. The molecule has 0 amide bonds. The van der Waals surface area contributed by atoms with Crippen LogP contribution in [0.5, 0.6) is 17.4 Å². The SMILES string of the molecule is COc1cc(Oc2ccc(Cl)cn2)ccc1CNc1nc2ccc(CC3COC3)cc2n1C. The van der Waals surface area contributed by atoms with Crippen molar-refractivity contribution in [1.29, 1.82) is 0 Å². The zero-order valence-corrected chi connectivity index (χ0v) is 19.3. The number of pyridine rings is 1. The van der Waals surface area contributed by atoms with Crippen molar-refractivity contribution in [2.45, 2.75) is 13.0 Å². The van der Waals surface area contributed by atoms with Gasteiger partial charge < -0.3 is 24.1 Å². The van der Waals surface area contributed by atoms with E-state index in [1.165, 1.54) is 5.56 Å². The smallest absolute Gasteiger partial charge is 0.219 e. The Labute approximate surface area is 197 Å². The molecule has 0 unspecified atom stereocenters. The number of ether oxygens (including phenoxy) is 3. The summed E-state index contributed by atoms with van der Waals surface area (Å²) < 4.78 is 18.8. The van der Waals surface area contributed by atoms with Gasteiger partial charge in [-0.1, -0.05) is 17.7 Å². The average Bonchev–Trinajstić information content (AvgIpc) is 3.12. The molecule has 2 aromatic carbocycles. The van der Waals surface area contributed by atoms with Gasteiger partial charge >= 0.3 is 0 Å². The van der Waals surface area contributed by atoms with Crippen LogP contribution in [0, 0.1) is 5.92 Å². The molecule has 7 nitrogen and oxygen atoms in total. The van der Waals surface area contributed by atoms with Gasteiger partial charge in [0.2, 0.25) is 11.8 Å². The topological polar surface area (TPSA) is 70.4 Å². The maximum absolute atomic E-state index is 5.88. The van der Waals surface area contributed by atoms with Crippen LogP contribution in [-0.2, 0) is 24.8 Å². The Hall–Kier alpha value is -3.29. The molecule has 0 saturated carbocycles. The molecule has 33 heavy (non-hydrogen) atoms. The normalized spacial score (nSPS) is 13.7. The van der Waals surface area contributed by atoms with Crippen LogP contribution in [0.2, 0.25) is 5.02 Å². The van der Waals surface area contributed by atoms with Crippen LogP contribution >= 0.6 is 11.6 Å². The van der Waals surface area contributed by atoms with E-state index in [-0.39, 0.29) is 0 Å². The lowest BCUT2D eigenvalue weighted by molar-refractivity contribution is -0.0312. The second kappa shape index (κ2) is 9.29. The minimum atomic E-state index is 0.469. The van der Waals surface area contributed by atoms with E-state index in [2.05, 4.69) is 33.1 Å². The molecule has 4 aromatic rings. The van der Waals surface area contributed by atoms with Gasteiger partial charge in [-0.15, -0.1) is 0 Å². The van der Waals surface area contributed by atoms with Crippen molar-refractivity contribution in [3.05, 3.63) is 70.9 Å². The molecule has 1 saturated heterocycles. The third kappa shape index (κ3) is 4.74. The largest absolute Gasteiger partial charge is 0.496 e. The van der Waals surface area contributed by atoms with E-state index in [9.17, 15) is 0 Å². The van der Waals surface area contributed by atoms with Crippen molar-refractivity contribution in [1.82, 2.24) is 14.5 Å². The molecule has 0 spiro atoms. The Bertz CT molecular complexity index is 1270. The summed E-state index contributed by atoms with van der Waals surface area (Å²) in [5.74, 6) is 3.26. The molecule has 1 aliphatic rings. The number of hydrogen-bond donors (Lipinski definition) is 1. The fourth-order valence-corrected chi connectivity index (χ4v) is 4.02. The van der Waals surface area contributed by atoms with E-state index in [1.54, 1.807) is 25.4 Å². The molecule has 0 radical (unpaired) electrons. The van der Waals surface area contributed by atoms with E-state index in [0.29, 0.717) is 29.1 Å². The van der Waals surface area contributed by atoms with Crippen molar-refractivity contribution >= 4 is 28.6 Å². The highest BCUT2D eigenvalue weighted by Gasteiger charge is 2.19. The fourth-order valence-electron chi connectivity index (χ4n) is 3.91. The second-order valence-corrected chi connectivity index (χ2v) is 8.61. The van der Waals surface area contributed by atoms with Crippen LogP contribution in [0.15, 0.2) is 54.7 Å². The molecule has 0 bridgehead atoms. The molecule has 0 atom stereocenters. The molecular weight excluding hydrogens is 440 g/mol. The van der Waals surface area contributed by atoms with Crippen LogP contribution in [0.25, 0.3) is 11.0 Å².